The largest absolute Gasteiger partial charge is 0.489 e. The lowest BCUT2D eigenvalue weighted by Crippen LogP contribution is -2.31. The van der Waals surface area contributed by atoms with Gasteiger partial charge in [-0.3, -0.25) is 0 Å². The van der Waals surface area contributed by atoms with Gasteiger partial charge in [-0.25, -0.2) is 4.79 Å². The molecule has 0 atom stereocenters. The van der Waals surface area contributed by atoms with Gasteiger partial charge in [-0.2, -0.15) is 4.99 Å². The highest BCUT2D eigenvalue weighted by Gasteiger charge is 2.39. The summed E-state index contributed by atoms with van der Waals surface area (Å²) in [5, 5.41) is 0.613. The van der Waals surface area contributed by atoms with Crippen LogP contribution in [0.3, 0.4) is 0 Å². The second kappa shape index (κ2) is 5.59. The molecule has 2 saturated carbocycles. The number of aliphatic imine (C=N–C) groups is 1. The topological polar surface area (TPSA) is 38.7 Å². The molecule has 1 aromatic rings. The van der Waals surface area contributed by atoms with Crippen LogP contribution in [-0.4, -0.2) is 12.2 Å². The van der Waals surface area contributed by atoms with Crippen LogP contribution >= 0.6 is 11.6 Å². The number of ether oxygens (including phenoxy) is 1. The number of hydrogen-bond donors (Lipinski definition) is 0. The Hall–Kier alpha value is -1.31. The van der Waals surface area contributed by atoms with Gasteiger partial charge in [0.1, 0.15) is 5.75 Å². The Morgan fingerprint density at radius 2 is 2.00 bits per heavy atom. The Morgan fingerprint density at radius 1 is 1.25 bits per heavy atom. The van der Waals surface area contributed by atoms with E-state index in [1.807, 2.05) is 18.2 Å². The lowest BCUT2D eigenvalue weighted by atomic mass is 9.72. The SMILES string of the molecule is O=C=NC1(c2ccc(OC3CCCC3)c(Cl)c2)CCC1. The molecule has 0 amide bonds. The zero-order valence-corrected chi connectivity index (χ0v) is 12.2. The van der Waals surface area contributed by atoms with Crippen molar-refractivity contribution in [3.05, 3.63) is 28.8 Å². The van der Waals surface area contributed by atoms with E-state index in [1.165, 1.54) is 12.8 Å². The lowest BCUT2D eigenvalue weighted by Gasteiger charge is -2.37. The standard InChI is InChI=1S/C16H18ClNO2/c17-14-10-12(16(18-11-19)8-3-9-16)6-7-15(14)20-13-4-1-2-5-13/h6-7,10,13H,1-5,8-9H2. The summed E-state index contributed by atoms with van der Waals surface area (Å²) in [5.74, 6) is 0.742. The van der Waals surface area contributed by atoms with Crippen molar-refractivity contribution in [2.45, 2.75) is 56.6 Å². The number of benzene rings is 1. The van der Waals surface area contributed by atoms with Crippen LogP contribution < -0.4 is 4.74 Å². The van der Waals surface area contributed by atoms with Gasteiger partial charge >= 0.3 is 0 Å². The molecule has 0 radical (unpaired) electrons. The summed E-state index contributed by atoms with van der Waals surface area (Å²) < 4.78 is 5.95. The summed E-state index contributed by atoms with van der Waals surface area (Å²) >= 11 is 6.33. The second-order valence-electron chi connectivity index (χ2n) is 5.76. The Balaban J connectivity index is 1.81. The van der Waals surface area contributed by atoms with Gasteiger partial charge in [-0.05, 0) is 62.6 Å². The average Bonchev–Trinajstić information content (AvgIpc) is 2.89. The van der Waals surface area contributed by atoms with Crippen LogP contribution in [0.2, 0.25) is 5.02 Å². The maximum Gasteiger partial charge on any atom is 0.235 e. The molecular formula is C16H18ClNO2. The van der Waals surface area contributed by atoms with Crippen LogP contribution in [0, 0.1) is 0 Å². The highest BCUT2D eigenvalue weighted by Crippen LogP contribution is 2.46. The van der Waals surface area contributed by atoms with Crippen molar-refractivity contribution >= 4 is 17.7 Å². The monoisotopic (exact) mass is 291 g/mol. The van der Waals surface area contributed by atoms with Gasteiger partial charge in [0.2, 0.25) is 6.08 Å². The third-order valence-corrected chi connectivity index (χ3v) is 4.80. The maximum atomic E-state index is 10.6. The first-order chi connectivity index (χ1) is 9.73. The van der Waals surface area contributed by atoms with Crippen molar-refractivity contribution in [3.63, 3.8) is 0 Å². The van der Waals surface area contributed by atoms with E-state index in [9.17, 15) is 4.79 Å². The van der Waals surface area contributed by atoms with E-state index in [0.29, 0.717) is 11.1 Å². The highest BCUT2D eigenvalue weighted by atomic mass is 35.5. The average molecular weight is 292 g/mol. The fourth-order valence-corrected chi connectivity index (χ4v) is 3.36. The van der Waals surface area contributed by atoms with Crippen molar-refractivity contribution in [2.75, 3.05) is 0 Å². The molecule has 20 heavy (non-hydrogen) atoms. The van der Waals surface area contributed by atoms with Gasteiger partial charge in [-0.15, -0.1) is 0 Å². The first-order valence-corrected chi connectivity index (χ1v) is 7.67. The molecule has 0 heterocycles. The molecule has 0 bridgehead atoms. The summed E-state index contributed by atoms with van der Waals surface area (Å²) in [5.41, 5.74) is 0.605. The zero-order valence-electron chi connectivity index (χ0n) is 11.4. The van der Waals surface area contributed by atoms with E-state index in [4.69, 9.17) is 16.3 Å². The molecule has 0 unspecified atom stereocenters. The molecule has 0 N–H and O–H groups in total. The maximum absolute atomic E-state index is 10.6. The summed E-state index contributed by atoms with van der Waals surface area (Å²) in [7, 11) is 0. The molecule has 2 aliphatic rings. The number of halogens is 1. The van der Waals surface area contributed by atoms with Crippen LogP contribution in [-0.2, 0) is 10.3 Å². The number of rotatable bonds is 4. The summed E-state index contributed by atoms with van der Waals surface area (Å²) in [6.07, 6.45) is 9.55. The number of isocyanates is 1. The first-order valence-electron chi connectivity index (χ1n) is 7.29. The molecule has 106 valence electrons. The molecule has 3 nitrogen and oxygen atoms in total. The minimum Gasteiger partial charge on any atom is -0.489 e. The minimum absolute atomic E-state index is 0.295. The van der Waals surface area contributed by atoms with E-state index in [2.05, 4.69) is 4.99 Å². The van der Waals surface area contributed by atoms with Crippen molar-refractivity contribution < 1.29 is 9.53 Å². The summed E-state index contributed by atoms with van der Waals surface area (Å²) in [6.45, 7) is 0. The minimum atomic E-state index is -0.392. The van der Waals surface area contributed by atoms with Crippen LogP contribution in [0.5, 0.6) is 5.75 Å². The third kappa shape index (κ3) is 2.48. The van der Waals surface area contributed by atoms with E-state index < -0.39 is 5.54 Å². The fraction of sp³-hybridized carbons (Fsp3) is 0.562. The predicted molar refractivity (Wildman–Crippen MR) is 78.0 cm³/mol. The van der Waals surface area contributed by atoms with Crippen LogP contribution in [0.25, 0.3) is 0 Å². The molecule has 0 saturated heterocycles. The normalized spacial score (nSPS) is 21.1. The number of carbonyl (C=O) groups excluding carboxylic acids is 1. The van der Waals surface area contributed by atoms with Gasteiger partial charge in [0.05, 0.1) is 16.7 Å². The Labute approximate surface area is 124 Å². The molecule has 2 fully saturated rings. The van der Waals surface area contributed by atoms with E-state index >= 15 is 0 Å². The molecule has 3 rings (SSSR count). The summed E-state index contributed by atoms with van der Waals surface area (Å²) in [4.78, 5) is 14.6. The van der Waals surface area contributed by atoms with Crippen LogP contribution in [0.1, 0.15) is 50.5 Å². The molecule has 0 aliphatic heterocycles. The Bertz CT molecular complexity index is 541. The van der Waals surface area contributed by atoms with Gasteiger partial charge in [0.25, 0.3) is 0 Å². The molecule has 4 heteroatoms. The molecule has 0 spiro atoms. The first kappa shape index (κ1) is 13.7. The Morgan fingerprint density at radius 3 is 2.55 bits per heavy atom. The summed E-state index contributed by atoms with van der Waals surface area (Å²) in [6, 6.07) is 5.79. The van der Waals surface area contributed by atoms with E-state index in [1.54, 1.807) is 6.08 Å². The quantitative estimate of drug-likeness (QED) is 0.610. The smallest absolute Gasteiger partial charge is 0.235 e. The molecule has 1 aromatic carbocycles. The van der Waals surface area contributed by atoms with Crippen molar-refractivity contribution in [1.82, 2.24) is 0 Å². The van der Waals surface area contributed by atoms with Crippen LogP contribution in [0.15, 0.2) is 23.2 Å². The third-order valence-electron chi connectivity index (χ3n) is 4.51. The lowest BCUT2D eigenvalue weighted by molar-refractivity contribution is 0.209. The molecular weight excluding hydrogens is 274 g/mol. The van der Waals surface area contributed by atoms with Crippen LogP contribution in [0.4, 0.5) is 0 Å². The Kier molecular flexibility index (Phi) is 3.82. The van der Waals surface area contributed by atoms with Crippen molar-refractivity contribution in [1.29, 1.82) is 0 Å². The molecule has 0 aromatic heterocycles. The van der Waals surface area contributed by atoms with Crippen molar-refractivity contribution in [3.8, 4) is 5.75 Å². The fourth-order valence-electron chi connectivity index (χ4n) is 3.14. The van der Waals surface area contributed by atoms with E-state index in [0.717, 1.165) is 43.4 Å². The zero-order chi connectivity index (χ0) is 14.0. The number of nitrogens with zero attached hydrogens (tertiary/aromatic N) is 1. The number of hydrogen-bond acceptors (Lipinski definition) is 3. The van der Waals surface area contributed by atoms with Gasteiger partial charge in [0.15, 0.2) is 0 Å². The predicted octanol–water partition coefficient (Wildman–Crippen LogP) is 4.38. The highest BCUT2D eigenvalue weighted by molar-refractivity contribution is 6.32. The van der Waals surface area contributed by atoms with Gasteiger partial charge < -0.3 is 4.74 Å². The molecule has 2 aliphatic carbocycles. The van der Waals surface area contributed by atoms with E-state index in [-0.39, 0.29) is 0 Å². The van der Waals surface area contributed by atoms with Gasteiger partial charge in [0, 0.05) is 0 Å². The van der Waals surface area contributed by atoms with Gasteiger partial charge in [-0.1, -0.05) is 17.7 Å². The second-order valence-corrected chi connectivity index (χ2v) is 6.16. The van der Waals surface area contributed by atoms with Crippen molar-refractivity contribution in [2.24, 2.45) is 4.99 Å².